The Morgan fingerprint density at radius 1 is 0.521 bits per heavy atom. The van der Waals surface area contributed by atoms with Crippen LogP contribution in [0.15, 0.2) is 176 Å². The van der Waals surface area contributed by atoms with Gasteiger partial charge >= 0.3 is 0 Å². The predicted molar refractivity (Wildman–Crippen MR) is 298 cm³/mol. The molecular formula is C69H61NS. The zero-order valence-corrected chi connectivity index (χ0v) is 42.0. The van der Waals surface area contributed by atoms with Crippen molar-refractivity contribution in [2.24, 2.45) is 40.9 Å². The first-order valence-corrected chi connectivity index (χ1v) is 28.2. The fourth-order valence-electron chi connectivity index (χ4n) is 18.3. The summed E-state index contributed by atoms with van der Waals surface area (Å²) in [5, 5.41) is 2.69. The zero-order valence-electron chi connectivity index (χ0n) is 41.1. The second kappa shape index (κ2) is 14.9. The normalized spacial score (nSPS) is 29.0. The van der Waals surface area contributed by atoms with Crippen molar-refractivity contribution in [2.45, 2.75) is 88.9 Å². The van der Waals surface area contributed by atoms with Gasteiger partial charge in [-0.1, -0.05) is 161 Å². The van der Waals surface area contributed by atoms with Gasteiger partial charge < -0.3 is 4.90 Å². The van der Waals surface area contributed by atoms with Crippen LogP contribution in [0.4, 0.5) is 17.1 Å². The zero-order chi connectivity index (χ0) is 46.8. The third-order valence-electron chi connectivity index (χ3n) is 20.5. The first-order valence-electron chi connectivity index (χ1n) is 27.4. The van der Waals surface area contributed by atoms with Crippen LogP contribution in [0.2, 0.25) is 0 Å². The minimum Gasteiger partial charge on any atom is -0.309 e. The van der Waals surface area contributed by atoms with Gasteiger partial charge in [0, 0.05) is 37.7 Å². The van der Waals surface area contributed by atoms with Crippen LogP contribution in [0.1, 0.15) is 100 Å². The lowest BCUT2D eigenvalue weighted by molar-refractivity contribution is 0.0557. The van der Waals surface area contributed by atoms with Crippen molar-refractivity contribution in [3.05, 3.63) is 198 Å². The summed E-state index contributed by atoms with van der Waals surface area (Å²) in [6, 6.07) is 69.2. The first-order chi connectivity index (χ1) is 35.0. The lowest BCUT2D eigenvalue weighted by atomic mass is 9.50. The predicted octanol–water partition coefficient (Wildman–Crippen LogP) is 19.1. The summed E-state index contributed by atoms with van der Waals surface area (Å²) in [5.74, 6) is 4.68. The minimum absolute atomic E-state index is 0.0659. The number of hydrogen-bond acceptors (Lipinski definition) is 2. The SMILES string of the molecule is CCC1CC2CCCC(C2)C12c1ccccc1-c1ccc(-c3cc(N(c4ccc(-c5ccccc5)cc4)c4ccc5c(c4)-c4ccccc4C54C5CC6CC(C)CC54C6)c4sc5ccccc5c4c3)cc12. The van der Waals surface area contributed by atoms with Gasteiger partial charge in [0.1, 0.15) is 0 Å². The van der Waals surface area contributed by atoms with Crippen molar-refractivity contribution in [1.29, 1.82) is 0 Å². The molecule has 5 fully saturated rings. The molecule has 3 spiro atoms. The highest BCUT2D eigenvalue weighted by atomic mass is 32.1. The monoisotopic (exact) mass is 935 g/mol. The number of hydrogen-bond donors (Lipinski definition) is 0. The molecule has 2 heteroatoms. The van der Waals surface area contributed by atoms with Crippen LogP contribution >= 0.6 is 11.3 Å². The maximum absolute atomic E-state index is 2.69. The maximum atomic E-state index is 2.69. The van der Waals surface area contributed by atoms with E-state index in [2.05, 4.69) is 195 Å². The number of rotatable bonds is 6. The summed E-state index contributed by atoms with van der Waals surface area (Å²) in [7, 11) is 0. The van der Waals surface area contributed by atoms with Gasteiger partial charge in [-0.05, 0) is 201 Å². The smallest absolute Gasteiger partial charge is 0.0646 e. The Morgan fingerprint density at radius 3 is 2.10 bits per heavy atom. The number of anilines is 3. The molecule has 1 heterocycles. The van der Waals surface area contributed by atoms with E-state index in [0.29, 0.717) is 17.3 Å². The third kappa shape index (κ3) is 5.43. The molecule has 8 aromatic carbocycles. The van der Waals surface area contributed by atoms with Gasteiger partial charge in [0.2, 0.25) is 0 Å². The Hall–Kier alpha value is -6.22. The minimum atomic E-state index is 0.0659. The summed E-state index contributed by atoms with van der Waals surface area (Å²) >= 11 is 1.95. The number of fused-ring (bicyclic) bond motifs is 18. The topological polar surface area (TPSA) is 3.24 Å². The van der Waals surface area contributed by atoms with Crippen LogP contribution < -0.4 is 4.90 Å². The molecule has 348 valence electrons. The first kappa shape index (κ1) is 41.4. The van der Waals surface area contributed by atoms with E-state index >= 15 is 0 Å². The van der Waals surface area contributed by atoms with Crippen molar-refractivity contribution in [2.75, 3.05) is 4.90 Å². The Labute approximate surface area is 423 Å². The molecule has 4 bridgehead atoms. The van der Waals surface area contributed by atoms with Crippen LogP contribution in [-0.4, -0.2) is 0 Å². The van der Waals surface area contributed by atoms with Gasteiger partial charge in [-0.15, -0.1) is 11.3 Å². The molecule has 0 saturated heterocycles. The van der Waals surface area contributed by atoms with Crippen LogP contribution in [-0.2, 0) is 10.8 Å². The molecule has 7 aliphatic carbocycles. The standard InChI is InChI=1S/C69H61NS/c1-3-49-33-43-14-13-17-50(34-43)68(49)59-21-10-7-18-53(59)55-30-26-47(37-62(55)68)48-36-58-56-20-9-12-23-64(56)71-66(58)63(38-48)70(51-27-24-46(25-28-51)45-15-5-4-6-16-45)52-29-31-61-57(39-52)54-19-8-11-22-60(54)69(61)65-35-44-32-42(2)40-67(65,69)41-44/h4-12,15-16,18-31,36-39,42-44,49-50,65H,3,13-14,17,32-35,40-41H2,1-2H3. The molecule has 7 aliphatic rings. The Kier molecular flexibility index (Phi) is 8.70. The summed E-state index contributed by atoms with van der Waals surface area (Å²) in [4.78, 5) is 2.63. The fraction of sp³-hybridized carbons (Fsp3) is 0.304. The molecule has 1 aromatic heterocycles. The van der Waals surface area contributed by atoms with Gasteiger partial charge in [0.15, 0.2) is 0 Å². The Morgan fingerprint density at radius 2 is 1.24 bits per heavy atom. The largest absolute Gasteiger partial charge is 0.309 e. The van der Waals surface area contributed by atoms with Gasteiger partial charge in [-0.25, -0.2) is 0 Å². The molecule has 1 nitrogen and oxygen atoms in total. The Balaban J connectivity index is 0.918. The number of benzene rings is 8. The van der Waals surface area contributed by atoms with E-state index in [0.717, 1.165) is 23.7 Å². The van der Waals surface area contributed by atoms with Crippen LogP contribution in [0.5, 0.6) is 0 Å². The van der Waals surface area contributed by atoms with E-state index in [4.69, 9.17) is 0 Å². The van der Waals surface area contributed by atoms with Gasteiger partial charge in [-0.3, -0.25) is 0 Å². The average Bonchev–Trinajstić information content (AvgIpc) is 3.86. The van der Waals surface area contributed by atoms with Crippen molar-refractivity contribution >= 4 is 48.6 Å². The van der Waals surface area contributed by atoms with E-state index in [1.807, 2.05) is 11.3 Å². The van der Waals surface area contributed by atoms with E-state index in [1.165, 1.54) is 146 Å². The van der Waals surface area contributed by atoms with E-state index in [-0.39, 0.29) is 10.8 Å². The molecule has 16 rings (SSSR count). The molecule has 0 N–H and O–H groups in total. The van der Waals surface area contributed by atoms with Crippen molar-refractivity contribution < 1.29 is 0 Å². The lowest BCUT2D eigenvalue weighted by Crippen LogP contribution is -2.48. The molecule has 9 aromatic rings. The van der Waals surface area contributed by atoms with Gasteiger partial charge in [-0.2, -0.15) is 0 Å². The fourth-order valence-corrected chi connectivity index (χ4v) is 19.4. The summed E-state index contributed by atoms with van der Waals surface area (Å²) in [6.45, 7) is 5.03. The van der Waals surface area contributed by atoms with E-state index < -0.39 is 0 Å². The molecule has 0 aliphatic heterocycles. The molecule has 71 heavy (non-hydrogen) atoms. The molecule has 0 radical (unpaired) electrons. The second-order valence-corrected chi connectivity index (χ2v) is 24.7. The highest BCUT2D eigenvalue weighted by Crippen LogP contribution is 2.87. The summed E-state index contributed by atoms with van der Waals surface area (Å²) in [5.41, 5.74) is 21.8. The highest BCUT2D eigenvalue weighted by Gasteiger charge is 2.82. The van der Waals surface area contributed by atoms with Crippen LogP contribution in [0, 0.1) is 40.9 Å². The number of thiophene rings is 1. The third-order valence-corrected chi connectivity index (χ3v) is 21.7. The van der Waals surface area contributed by atoms with Gasteiger partial charge in [0.05, 0.1) is 10.4 Å². The molecular weight excluding hydrogens is 875 g/mol. The average molecular weight is 936 g/mol. The lowest BCUT2D eigenvalue weighted by Gasteiger charge is -2.54. The molecule has 0 amide bonds. The molecule has 9 atom stereocenters. The summed E-state index contributed by atoms with van der Waals surface area (Å²) in [6.07, 6.45) is 13.7. The van der Waals surface area contributed by atoms with Crippen molar-refractivity contribution in [1.82, 2.24) is 0 Å². The van der Waals surface area contributed by atoms with Gasteiger partial charge in [0.25, 0.3) is 0 Å². The highest BCUT2D eigenvalue weighted by molar-refractivity contribution is 7.26. The van der Waals surface area contributed by atoms with Crippen LogP contribution in [0.3, 0.4) is 0 Å². The van der Waals surface area contributed by atoms with Crippen molar-refractivity contribution in [3.8, 4) is 44.5 Å². The van der Waals surface area contributed by atoms with E-state index in [1.54, 1.807) is 22.3 Å². The van der Waals surface area contributed by atoms with Crippen molar-refractivity contribution in [3.63, 3.8) is 0 Å². The summed E-state index contributed by atoms with van der Waals surface area (Å²) < 4.78 is 2.68. The Bertz CT molecular complexity index is 3650. The molecule has 5 saturated carbocycles. The van der Waals surface area contributed by atoms with Crippen LogP contribution in [0.25, 0.3) is 64.7 Å². The molecule has 9 unspecified atom stereocenters. The number of nitrogens with zero attached hydrogens (tertiary/aromatic N) is 1. The second-order valence-electron chi connectivity index (χ2n) is 23.6. The van der Waals surface area contributed by atoms with E-state index in [9.17, 15) is 0 Å². The maximum Gasteiger partial charge on any atom is 0.0646 e. The quantitative estimate of drug-likeness (QED) is 0.161.